The molecular weight excluding hydrogens is 232 g/mol. The highest BCUT2D eigenvalue weighted by Crippen LogP contribution is 1.99. The van der Waals surface area contributed by atoms with Crippen LogP contribution in [0, 0.1) is 0 Å². The third kappa shape index (κ3) is 3.46. The van der Waals surface area contributed by atoms with Gasteiger partial charge in [0.25, 0.3) is 0 Å². The third-order valence-corrected chi connectivity index (χ3v) is 2.54. The van der Waals surface area contributed by atoms with E-state index in [9.17, 15) is 4.79 Å². The van der Waals surface area contributed by atoms with E-state index in [1.807, 2.05) is 6.07 Å². The first-order chi connectivity index (χ1) is 8.75. The molecule has 0 aliphatic rings. The van der Waals surface area contributed by atoms with Crippen LogP contribution in [-0.2, 0) is 17.9 Å². The summed E-state index contributed by atoms with van der Waals surface area (Å²) in [6, 6.07) is 3.33. The van der Waals surface area contributed by atoms with Gasteiger partial charge in [-0.3, -0.25) is 10.1 Å². The number of carbonyl (C=O) groups is 1. The Hall–Kier alpha value is -2.08. The first-order valence-electron chi connectivity index (χ1n) is 5.77. The maximum Gasteiger partial charge on any atom is 0.237 e. The molecule has 1 amide bonds. The van der Waals surface area contributed by atoms with Crippen LogP contribution in [-0.4, -0.2) is 21.9 Å². The van der Waals surface area contributed by atoms with Crippen molar-refractivity contribution < 1.29 is 9.21 Å². The van der Waals surface area contributed by atoms with Gasteiger partial charge in [-0.05, 0) is 19.1 Å². The molecule has 18 heavy (non-hydrogen) atoms. The number of aromatic nitrogens is 2. The van der Waals surface area contributed by atoms with Gasteiger partial charge in [0.15, 0.2) is 0 Å². The molecule has 0 bridgehead atoms. The van der Waals surface area contributed by atoms with Gasteiger partial charge in [-0.15, -0.1) is 0 Å². The van der Waals surface area contributed by atoms with Crippen molar-refractivity contribution >= 4 is 5.91 Å². The fourth-order valence-corrected chi connectivity index (χ4v) is 1.48. The lowest BCUT2D eigenvalue weighted by Crippen LogP contribution is -2.41. The van der Waals surface area contributed by atoms with E-state index in [0.29, 0.717) is 13.1 Å². The van der Waals surface area contributed by atoms with Gasteiger partial charge < -0.3 is 14.7 Å². The maximum atomic E-state index is 11.8. The number of amides is 1. The summed E-state index contributed by atoms with van der Waals surface area (Å²) >= 11 is 0. The lowest BCUT2D eigenvalue weighted by molar-refractivity contribution is -0.123. The Morgan fingerprint density at radius 2 is 2.44 bits per heavy atom. The lowest BCUT2D eigenvalue weighted by Gasteiger charge is -2.12. The molecule has 2 heterocycles. The number of aromatic amines is 1. The predicted octanol–water partition coefficient (Wildman–Crippen LogP) is 0.797. The molecule has 3 N–H and O–H groups in total. The van der Waals surface area contributed by atoms with Crippen LogP contribution < -0.4 is 10.6 Å². The first kappa shape index (κ1) is 12.4. The second-order valence-electron chi connectivity index (χ2n) is 3.94. The number of nitrogens with one attached hydrogen (secondary N) is 3. The van der Waals surface area contributed by atoms with E-state index in [-0.39, 0.29) is 11.9 Å². The van der Waals surface area contributed by atoms with Crippen molar-refractivity contribution in [3.8, 4) is 0 Å². The van der Waals surface area contributed by atoms with Crippen molar-refractivity contribution in [3.63, 3.8) is 0 Å². The second-order valence-corrected chi connectivity index (χ2v) is 3.94. The molecule has 0 aromatic carbocycles. The number of nitrogens with zero attached hydrogens (tertiary/aromatic N) is 1. The number of furan rings is 1. The number of H-pyrrole nitrogens is 1. The molecule has 2 aromatic rings. The van der Waals surface area contributed by atoms with Crippen LogP contribution in [0.5, 0.6) is 0 Å². The van der Waals surface area contributed by atoms with E-state index in [0.717, 1.165) is 11.6 Å². The summed E-state index contributed by atoms with van der Waals surface area (Å²) in [4.78, 5) is 18.8. The number of hydrogen-bond donors (Lipinski definition) is 3. The van der Waals surface area contributed by atoms with Gasteiger partial charge in [0, 0.05) is 12.4 Å². The smallest absolute Gasteiger partial charge is 0.237 e. The molecule has 0 aliphatic heterocycles. The molecule has 0 saturated carbocycles. The summed E-state index contributed by atoms with van der Waals surface area (Å²) < 4.78 is 5.13. The topological polar surface area (TPSA) is 83.0 Å². The highest BCUT2D eigenvalue weighted by Gasteiger charge is 2.12. The normalized spacial score (nSPS) is 12.3. The second kappa shape index (κ2) is 6.02. The van der Waals surface area contributed by atoms with E-state index in [1.54, 1.807) is 31.6 Å². The van der Waals surface area contributed by atoms with Crippen LogP contribution in [0.15, 0.2) is 35.2 Å². The Kier molecular flexibility index (Phi) is 4.14. The molecule has 0 saturated heterocycles. The number of rotatable bonds is 6. The van der Waals surface area contributed by atoms with Gasteiger partial charge in [-0.25, -0.2) is 4.98 Å². The fraction of sp³-hybridized carbons (Fsp3) is 0.333. The molecule has 0 aliphatic carbocycles. The Labute approximate surface area is 105 Å². The van der Waals surface area contributed by atoms with Crippen LogP contribution >= 0.6 is 0 Å². The Morgan fingerprint density at radius 1 is 1.56 bits per heavy atom. The Balaban J connectivity index is 1.71. The zero-order chi connectivity index (χ0) is 12.8. The Bertz CT molecular complexity index is 464. The van der Waals surface area contributed by atoms with Crippen molar-refractivity contribution in [1.82, 2.24) is 20.6 Å². The molecule has 6 heteroatoms. The zero-order valence-electron chi connectivity index (χ0n) is 10.1. The molecule has 1 atom stereocenters. The van der Waals surface area contributed by atoms with Crippen LogP contribution in [0.2, 0.25) is 0 Å². The fourth-order valence-electron chi connectivity index (χ4n) is 1.48. The van der Waals surface area contributed by atoms with Crippen LogP contribution in [0.4, 0.5) is 0 Å². The number of imidazole rings is 1. The Morgan fingerprint density at radius 3 is 3.11 bits per heavy atom. The van der Waals surface area contributed by atoms with Gasteiger partial charge in [0.2, 0.25) is 5.91 Å². The average molecular weight is 248 g/mol. The molecule has 2 rings (SSSR count). The minimum atomic E-state index is -0.287. The highest BCUT2D eigenvalue weighted by atomic mass is 16.3. The SMILES string of the molecule is CC(NCc1ncc[nH]1)C(=O)NCc1ccco1. The van der Waals surface area contributed by atoms with E-state index in [1.165, 1.54) is 0 Å². The zero-order valence-corrected chi connectivity index (χ0v) is 10.1. The van der Waals surface area contributed by atoms with E-state index in [4.69, 9.17) is 4.42 Å². The van der Waals surface area contributed by atoms with Gasteiger partial charge in [0.1, 0.15) is 11.6 Å². The molecule has 96 valence electrons. The molecule has 2 aromatic heterocycles. The first-order valence-corrected chi connectivity index (χ1v) is 5.77. The summed E-state index contributed by atoms with van der Waals surface area (Å²) in [5.74, 6) is 1.47. The lowest BCUT2D eigenvalue weighted by atomic mass is 10.3. The summed E-state index contributed by atoms with van der Waals surface area (Å²) in [6.45, 7) is 2.74. The summed E-state index contributed by atoms with van der Waals surface area (Å²) in [6.07, 6.45) is 5.01. The molecule has 6 nitrogen and oxygen atoms in total. The largest absolute Gasteiger partial charge is 0.467 e. The minimum Gasteiger partial charge on any atom is -0.467 e. The van der Waals surface area contributed by atoms with Crippen LogP contribution in [0.25, 0.3) is 0 Å². The molecule has 0 radical (unpaired) electrons. The van der Waals surface area contributed by atoms with Crippen LogP contribution in [0.3, 0.4) is 0 Å². The summed E-state index contributed by atoms with van der Waals surface area (Å²) in [7, 11) is 0. The highest BCUT2D eigenvalue weighted by molar-refractivity contribution is 5.81. The van der Waals surface area contributed by atoms with E-state index in [2.05, 4.69) is 20.6 Å². The third-order valence-electron chi connectivity index (χ3n) is 2.54. The summed E-state index contributed by atoms with van der Waals surface area (Å²) in [5.41, 5.74) is 0. The average Bonchev–Trinajstić information content (AvgIpc) is 3.05. The van der Waals surface area contributed by atoms with Crippen molar-refractivity contribution in [2.24, 2.45) is 0 Å². The molecule has 1 unspecified atom stereocenters. The van der Waals surface area contributed by atoms with E-state index < -0.39 is 0 Å². The van der Waals surface area contributed by atoms with Crippen LogP contribution in [0.1, 0.15) is 18.5 Å². The summed E-state index contributed by atoms with van der Waals surface area (Å²) in [5, 5.41) is 5.87. The number of carbonyl (C=O) groups excluding carboxylic acids is 1. The maximum absolute atomic E-state index is 11.8. The molecule has 0 spiro atoms. The minimum absolute atomic E-state index is 0.0713. The monoisotopic (exact) mass is 248 g/mol. The molecular formula is C12H16N4O2. The number of hydrogen-bond acceptors (Lipinski definition) is 4. The molecule has 0 fully saturated rings. The van der Waals surface area contributed by atoms with Crippen molar-refractivity contribution in [1.29, 1.82) is 0 Å². The van der Waals surface area contributed by atoms with Crippen molar-refractivity contribution in [3.05, 3.63) is 42.4 Å². The van der Waals surface area contributed by atoms with Gasteiger partial charge >= 0.3 is 0 Å². The van der Waals surface area contributed by atoms with Gasteiger partial charge in [-0.1, -0.05) is 0 Å². The van der Waals surface area contributed by atoms with Gasteiger partial charge in [-0.2, -0.15) is 0 Å². The van der Waals surface area contributed by atoms with Crippen molar-refractivity contribution in [2.75, 3.05) is 0 Å². The van der Waals surface area contributed by atoms with Crippen molar-refractivity contribution in [2.45, 2.75) is 26.1 Å². The quantitative estimate of drug-likeness (QED) is 0.706. The predicted molar refractivity (Wildman–Crippen MR) is 65.4 cm³/mol. The van der Waals surface area contributed by atoms with Gasteiger partial charge in [0.05, 0.1) is 25.4 Å². The van der Waals surface area contributed by atoms with E-state index >= 15 is 0 Å². The standard InChI is InChI=1S/C12H16N4O2/c1-9(15-8-11-13-4-5-14-11)12(17)16-7-10-3-2-6-18-10/h2-6,9,15H,7-8H2,1H3,(H,13,14)(H,16,17).